The van der Waals surface area contributed by atoms with Crippen LogP contribution in [0.25, 0.3) is 11.4 Å². The number of hydrogen-bond acceptors (Lipinski definition) is 5. The van der Waals surface area contributed by atoms with E-state index in [1.165, 1.54) is 0 Å². The lowest BCUT2D eigenvalue weighted by Crippen LogP contribution is -2.36. The molecule has 0 saturated carbocycles. The van der Waals surface area contributed by atoms with Crippen molar-refractivity contribution in [3.63, 3.8) is 0 Å². The van der Waals surface area contributed by atoms with Gasteiger partial charge in [0.1, 0.15) is 12.1 Å². The summed E-state index contributed by atoms with van der Waals surface area (Å²) in [4.78, 5) is 11.0. The highest BCUT2D eigenvalue weighted by molar-refractivity contribution is 5.55. The van der Waals surface area contributed by atoms with Gasteiger partial charge in [0.2, 0.25) is 0 Å². The van der Waals surface area contributed by atoms with Crippen molar-refractivity contribution in [2.45, 2.75) is 18.9 Å². The van der Waals surface area contributed by atoms with Crippen LogP contribution in [0.1, 0.15) is 12.8 Å². The van der Waals surface area contributed by atoms with Crippen molar-refractivity contribution in [3.05, 3.63) is 30.9 Å². The van der Waals surface area contributed by atoms with E-state index in [2.05, 4.69) is 14.9 Å². The molecule has 0 unspecified atom stereocenters. The minimum atomic E-state index is -0.170. The van der Waals surface area contributed by atoms with E-state index >= 15 is 0 Å². The molecule has 1 fully saturated rings. The average molecular weight is 245 g/mol. The fraction of sp³-hybridized carbons (Fsp3) is 0.385. The largest absolute Gasteiger partial charge is 0.472 e. The molecule has 5 heteroatoms. The summed E-state index contributed by atoms with van der Waals surface area (Å²) in [5, 5.41) is 9.51. The number of aliphatic hydroxyl groups excluding tert-OH is 1. The molecule has 18 heavy (non-hydrogen) atoms. The highest BCUT2D eigenvalue weighted by Gasteiger charge is 2.18. The Balaban J connectivity index is 1.83. The summed E-state index contributed by atoms with van der Waals surface area (Å²) in [7, 11) is 0. The van der Waals surface area contributed by atoms with Crippen LogP contribution in [0.5, 0.6) is 0 Å². The van der Waals surface area contributed by atoms with Crippen LogP contribution < -0.4 is 4.90 Å². The third kappa shape index (κ3) is 2.22. The first-order valence-electron chi connectivity index (χ1n) is 6.11. The Kier molecular flexibility index (Phi) is 2.98. The number of hydrogen-bond donors (Lipinski definition) is 1. The molecular weight excluding hydrogens is 230 g/mol. The molecule has 0 radical (unpaired) electrons. The Hall–Kier alpha value is -1.88. The van der Waals surface area contributed by atoms with E-state index in [-0.39, 0.29) is 6.10 Å². The molecule has 0 aromatic carbocycles. The van der Waals surface area contributed by atoms with Crippen molar-refractivity contribution >= 4 is 5.82 Å². The zero-order chi connectivity index (χ0) is 12.4. The van der Waals surface area contributed by atoms with E-state index in [1.807, 2.05) is 12.1 Å². The second-order valence-electron chi connectivity index (χ2n) is 4.47. The Morgan fingerprint density at radius 2 is 2.11 bits per heavy atom. The van der Waals surface area contributed by atoms with Gasteiger partial charge in [-0.2, -0.15) is 0 Å². The molecule has 0 spiro atoms. The van der Waals surface area contributed by atoms with Gasteiger partial charge in [-0.15, -0.1) is 0 Å². The number of nitrogens with zero attached hydrogens (tertiary/aromatic N) is 3. The van der Waals surface area contributed by atoms with Crippen LogP contribution in [0.2, 0.25) is 0 Å². The van der Waals surface area contributed by atoms with Crippen LogP contribution in [0, 0.1) is 0 Å². The smallest absolute Gasteiger partial charge is 0.164 e. The van der Waals surface area contributed by atoms with E-state index in [4.69, 9.17) is 4.42 Å². The third-order valence-corrected chi connectivity index (χ3v) is 3.21. The molecule has 1 N–H and O–H groups in total. The number of aromatic nitrogens is 2. The SMILES string of the molecule is OC1CCN(c2ccnc(-c3ccoc3)n2)CC1. The van der Waals surface area contributed by atoms with Gasteiger partial charge in [-0.3, -0.25) is 0 Å². The first-order chi connectivity index (χ1) is 8.83. The molecule has 0 aliphatic carbocycles. The summed E-state index contributed by atoms with van der Waals surface area (Å²) in [5.41, 5.74) is 0.883. The third-order valence-electron chi connectivity index (χ3n) is 3.21. The second-order valence-corrected chi connectivity index (χ2v) is 4.47. The van der Waals surface area contributed by atoms with Crippen molar-refractivity contribution in [2.75, 3.05) is 18.0 Å². The fourth-order valence-corrected chi connectivity index (χ4v) is 2.15. The number of anilines is 1. The van der Waals surface area contributed by atoms with Gasteiger partial charge in [0, 0.05) is 19.3 Å². The van der Waals surface area contributed by atoms with Gasteiger partial charge >= 0.3 is 0 Å². The molecule has 1 aliphatic heterocycles. The predicted molar refractivity (Wildman–Crippen MR) is 67.2 cm³/mol. The van der Waals surface area contributed by atoms with Crippen molar-refractivity contribution in [1.82, 2.24) is 9.97 Å². The first kappa shape index (κ1) is 11.2. The van der Waals surface area contributed by atoms with Crippen molar-refractivity contribution < 1.29 is 9.52 Å². The lowest BCUT2D eigenvalue weighted by molar-refractivity contribution is 0.145. The molecule has 5 nitrogen and oxygen atoms in total. The van der Waals surface area contributed by atoms with E-state index in [1.54, 1.807) is 18.7 Å². The minimum Gasteiger partial charge on any atom is -0.472 e. The normalized spacial score (nSPS) is 17.1. The zero-order valence-electron chi connectivity index (χ0n) is 9.99. The molecule has 0 amide bonds. The molecule has 1 saturated heterocycles. The van der Waals surface area contributed by atoms with Crippen LogP contribution in [-0.4, -0.2) is 34.3 Å². The van der Waals surface area contributed by atoms with Gasteiger partial charge in [0.25, 0.3) is 0 Å². The quantitative estimate of drug-likeness (QED) is 0.872. The molecule has 2 aromatic rings. The van der Waals surface area contributed by atoms with Crippen LogP contribution >= 0.6 is 0 Å². The number of furan rings is 1. The summed E-state index contributed by atoms with van der Waals surface area (Å²) in [5.74, 6) is 1.58. The van der Waals surface area contributed by atoms with Gasteiger partial charge in [-0.1, -0.05) is 0 Å². The van der Waals surface area contributed by atoms with E-state index < -0.39 is 0 Å². The Morgan fingerprint density at radius 1 is 1.28 bits per heavy atom. The molecule has 0 bridgehead atoms. The van der Waals surface area contributed by atoms with Gasteiger partial charge in [0.05, 0.1) is 17.9 Å². The number of rotatable bonds is 2. The first-order valence-corrected chi connectivity index (χ1v) is 6.11. The number of piperidine rings is 1. The van der Waals surface area contributed by atoms with Crippen LogP contribution in [-0.2, 0) is 0 Å². The topological polar surface area (TPSA) is 62.4 Å². The molecule has 0 atom stereocenters. The van der Waals surface area contributed by atoms with E-state index in [9.17, 15) is 5.11 Å². The maximum absolute atomic E-state index is 9.51. The van der Waals surface area contributed by atoms with Gasteiger partial charge in [-0.25, -0.2) is 9.97 Å². The maximum Gasteiger partial charge on any atom is 0.164 e. The van der Waals surface area contributed by atoms with Crippen molar-refractivity contribution in [1.29, 1.82) is 0 Å². The van der Waals surface area contributed by atoms with Gasteiger partial charge in [-0.05, 0) is 25.0 Å². The predicted octanol–water partition coefficient (Wildman–Crippen LogP) is 1.70. The lowest BCUT2D eigenvalue weighted by Gasteiger charge is -2.30. The number of aliphatic hydroxyl groups is 1. The standard InChI is InChI=1S/C13H15N3O2/c17-11-2-6-16(7-3-11)12-1-5-14-13(15-12)10-4-8-18-9-10/h1,4-5,8-9,11,17H,2-3,6-7H2. The Labute approximate surface area is 105 Å². The van der Waals surface area contributed by atoms with Crippen LogP contribution in [0.15, 0.2) is 35.3 Å². The summed E-state index contributed by atoms with van der Waals surface area (Å²) >= 11 is 0. The summed E-state index contributed by atoms with van der Waals surface area (Å²) in [6.07, 6.45) is 6.43. The molecule has 94 valence electrons. The van der Waals surface area contributed by atoms with Crippen LogP contribution in [0.3, 0.4) is 0 Å². The Morgan fingerprint density at radius 3 is 2.83 bits per heavy atom. The summed E-state index contributed by atoms with van der Waals surface area (Å²) < 4.78 is 5.04. The van der Waals surface area contributed by atoms with Crippen molar-refractivity contribution in [3.8, 4) is 11.4 Å². The second kappa shape index (κ2) is 4.78. The molecule has 2 aromatic heterocycles. The molecular formula is C13H15N3O2. The van der Waals surface area contributed by atoms with Crippen molar-refractivity contribution in [2.24, 2.45) is 0 Å². The maximum atomic E-state index is 9.51. The lowest BCUT2D eigenvalue weighted by atomic mass is 10.1. The van der Waals surface area contributed by atoms with Gasteiger partial charge in [0.15, 0.2) is 5.82 Å². The fourth-order valence-electron chi connectivity index (χ4n) is 2.15. The van der Waals surface area contributed by atoms with Gasteiger partial charge < -0.3 is 14.4 Å². The van der Waals surface area contributed by atoms with E-state index in [0.717, 1.165) is 37.3 Å². The molecule has 1 aliphatic rings. The molecule has 3 rings (SSSR count). The van der Waals surface area contributed by atoms with E-state index in [0.29, 0.717) is 5.82 Å². The average Bonchev–Trinajstić information content (AvgIpc) is 2.94. The minimum absolute atomic E-state index is 0.170. The summed E-state index contributed by atoms with van der Waals surface area (Å²) in [6, 6.07) is 3.75. The monoisotopic (exact) mass is 245 g/mol. The summed E-state index contributed by atoms with van der Waals surface area (Å²) in [6.45, 7) is 1.67. The Bertz CT molecular complexity index is 505. The highest BCUT2D eigenvalue weighted by atomic mass is 16.3. The molecule has 3 heterocycles. The highest BCUT2D eigenvalue weighted by Crippen LogP contribution is 2.21. The van der Waals surface area contributed by atoms with Crippen LogP contribution in [0.4, 0.5) is 5.82 Å². The zero-order valence-corrected chi connectivity index (χ0v) is 9.99.